The molecule has 0 spiro atoms. The number of hydrogen-bond donors (Lipinski definition) is 2. The van der Waals surface area contributed by atoms with Crippen LogP contribution in [0.5, 0.6) is 11.5 Å². The first-order valence-corrected chi connectivity index (χ1v) is 7.41. The van der Waals surface area contributed by atoms with E-state index in [1.54, 1.807) is 43.4 Å². The van der Waals surface area contributed by atoms with Crippen molar-refractivity contribution in [1.82, 2.24) is 4.90 Å². The number of nitrogens with zero attached hydrogens (tertiary/aromatic N) is 1. The molecule has 0 aliphatic carbocycles. The number of hydrogen-bond acceptors (Lipinski definition) is 4. The lowest BCUT2D eigenvalue weighted by molar-refractivity contribution is -0.140. The molecule has 3 rings (SSSR count). The van der Waals surface area contributed by atoms with Crippen LogP contribution in [0.2, 0.25) is 0 Å². The van der Waals surface area contributed by atoms with E-state index < -0.39 is 17.9 Å². The van der Waals surface area contributed by atoms with Crippen molar-refractivity contribution in [2.24, 2.45) is 0 Å². The number of benzene rings is 2. The van der Waals surface area contributed by atoms with E-state index in [1.165, 1.54) is 18.1 Å². The molecule has 2 aromatic rings. The molecule has 0 saturated heterocycles. The Morgan fingerprint density at radius 3 is 2.54 bits per heavy atom. The Morgan fingerprint density at radius 2 is 1.92 bits per heavy atom. The maximum Gasteiger partial charge on any atom is 0.313 e. The molecular formula is C18H17NO5. The van der Waals surface area contributed by atoms with Crippen LogP contribution in [0.1, 0.15) is 33.4 Å². The Labute approximate surface area is 138 Å². The number of phenols is 1. The van der Waals surface area contributed by atoms with Gasteiger partial charge in [-0.15, -0.1) is 0 Å². The zero-order valence-electron chi connectivity index (χ0n) is 13.3. The molecule has 0 bridgehead atoms. The van der Waals surface area contributed by atoms with Gasteiger partial charge in [-0.05, 0) is 29.3 Å². The third-order valence-electron chi connectivity index (χ3n) is 4.39. The van der Waals surface area contributed by atoms with Gasteiger partial charge in [-0.2, -0.15) is 0 Å². The Kier molecular flexibility index (Phi) is 3.89. The predicted molar refractivity (Wildman–Crippen MR) is 86.3 cm³/mol. The molecule has 0 fully saturated rings. The fraction of sp³-hybridized carbons (Fsp3) is 0.222. The van der Waals surface area contributed by atoms with Gasteiger partial charge < -0.3 is 19.8 Å². The van der Waals surface area contributed by atoms with Crippen molar-refractivity contribution in [2.75, 3.05) is 14.2 Å². The molecule has 2 unspecified atom stereocenters. The Bertz CT molecular complexity index is 817. The number of ether oxygens (including phenoxy) is 1. The summed E-state index contributed by atoms with van der Waals surface area (Å²) in [6.07, 6.45) is 0. The minimum absolute atomic E-state index is 0.0983. The van der Waals surface area contributed by atoms with Gasteiger partial charge in [-0.25, -0.2) is 0 Å². The number of fused-ring (bicyclic) bond motifs is 1. The summed E-state index contributed by atoms with van der Waals surface area (Å²) in [6.45, 7) is 0. The van der Waals surface area contributed by atoms with Crippen LogP contribution in [-0.4, -0.2) is 41.1 Å². The first-order chi connectivity index (χ1) is 11.5. The summed E-state index contributed by atoms with van der Waals surface area (Å²) < 4.78 is 5.02. The van der Waals surface area contributed by atoms with Crippen molar-refractivity contribution < 1.29 is 24.5 Å². The third kappa shape index (κ3) is 2.36. The van der Waals surface area contributed by atoms with Gasteiger partial charge in [-0.3, -0.25) is 9.59 Å². The van der Waals surface area contributed by atoms with Crippen LogP contribution in [0.15, 0.2) is 42.5 Å². The largest absolute Gasteiger partial charge is 0.504 e. The molecule has 0 radical (unpaired) electrons. The molecule has 2 N–H and O–H groups in total. The first-order valence-electron chi connectivity index (χ1n) is 7.41. The van der Waals surface area contributed by atoms with Gasteiger partial charge in [0.15, 0.2) is 11.5 Å². The lowest BCUT2D eigenvalue weighted by Gasteiger charge is -2.38. The van der Waals surface area contributed by atoms with Crippen molar-refractivity contribution in [1.29, 1.82) is 0 Å². The van der Waals surface area contributed by atoms with Gasteiger partial charge in [0.05, 0.1) is 13.2 Å². The summed E-state index contributed by atoms with van der Waals surface area (Å²) in [5, 5.41) is 19.8. The van der Waals surface area contributed by atoms with Crippen LogP contribution in [0.4, 0.5) is 0 Å². The fourth-order valence-corrected chi connectivity index (χ4v) is 3.25. The normalized spacial score (nSPS) is 19.8. The monoisotopic (exact) mass is 327 g/mol. The average Bonchev–Trinajstić information content (AvgIpc) is 2.57. The second kappa shape index (κ2) is 5.88. The number of carboxylic acids is 1. The fourth-order valence-electron chi connectivity index (χ4n) is 3.25. The van der Waals surface area contributed by atoms with Gasteiger partial charge in [-0.1, -0.05) is 24.3 Å². The van der Waals surface area contributed by atoms with E-state index in [0.717, 1.165) is 0 Å². The number of rotatable bonds is 3. The molecule has 0 aromatic heterocycles. The standard InChI is InChI=1S/C18H17NO5/c1-19-16(10-7-8-14(24-2)13(20)9-10)15(18(22)23)11-5-3-4-6-12(11)17(19)21/h3-9,15-16,20H,1-2H3,(H,22,23). The Balaban J connectivity index is 2.17. The summed E-state index contributed by atoms with van der Waals surface area (Å²) in [7, 11) is 3.00. The predicted octanol–water partition coefficient (Wildman–Crippen LogP) is 2.40. The highest BCUT2D eigenvalue weighted by Crippen LogP contribution is 2.43. The number of phenolic OH excluding ortho intramolecular Hbond substituents is 1. The van der Waals surface area contributed by atoms with Crippen LogP contribution < -0.4 is 4.74 Å². The van der Waals surface area contributed by atoms with E-state index in [4.69, 9.17) is 4.74 Å². The number of carboxylic acid groups (broad SMARTS) is 1. The minimum atomic E-state index is -1.03. The minimum Gasteiger partial charge on any atom is -0.504 e. The molecule has 1 heterocycles. The van der Waals surface area contributed by atoms with E-state index in [0.29, 0.717) is 16.7 Å². The van der Waals surface area contributed by atoms with Gasteiger partial charge in [0.2, 0.25) is 0 Å². The Morgan fingerprint density at radius 1 is 1.21 bits per heavy atom. The number of likely N-dealkylation sites (N-methyl/N-ethyl adjacent to an activating group) is 1. The SMILES string of the molecule is COc1ccc(C2C(C(=O)O)c3ccccc3C(=O)N2C)cc1O. The average molecular weight is 327 g/mol. The molecule has 1 aliphatic rings. The summed E-state index contributed by atoms with van der Waals surface area (Å²) >= 11 is 0. The van der Waals surface area contributed by atoms with Crippen molar-refractivity contribution in [2.45, 2.75) is 12.0 Å². The van der Waals surface area contributed by atoms with Crippen molar-refractivity contribution >= 4 is 11.9 Å². The number of carbonyl (C=O) groups excluding carboxylic acids is 1. The number of aromatic hydroxyl groups is 1. The van der Waals surface area contributed by atoms with Crippen LogP contribution in [0, 0.1) is 0 Å². The summed E-state index contributed by atoms with van der Waals surface area (Å²) in [6, 6.07) is 10.7. The molecule has 6 heteroatoms. The number of aliphatic carboxylic acids is 1. The highest BCUT2D eigenvalue weighted by atomic mass is 16.5. The van der Waals surface area contributed by atoms with Gasteiger partial charge in [0.1, 0.15) is 5.92 Å². The molecule has 24 heavy (non-hydrogen) atoms. The van der Waals surface area contributed by atoms with Gasteiger partial charge in [0, 0.05) is 12.6 Å². The van der Waals surface area contributed by atoms with Crippen molar-refractivity contribution in [3.8, 4) is 11.5 Å². The number of methoxy groups -OCH3 is 1. The molecule has 1 amide bonds. The first kappa shape index (κ1) is 15.9. The molecule has 2 aromatic carbocycles. The summed E-state index contributed by atoms with van der Waals surface area (Å²) in [5.41, 5.74) is 1.40. The van der Waals surface area contributed by atoms with Gasteiger partial charge >= 0.3 is 5.97 Å². The highest BCUT2D eigenvalue weighted by molar-refractivity contribution is 6.00. The van der Waals surface area contributed by atoms with Crippen molar-refractivity contribution in [3.63, 3.8) is 0 Å². The molecule has 2 atom stereocenters. The van der Waals surface area contributed by atoms with Crippen LogP contribution >= 0.6 is 0 Å². The number of carbonyl (C=O) groups is 2. The number of amides is 1. The highest BCUT2D eigenvalue weighted by Gasteiger charge is 2.42. The zero-order valence-corrected chi connectivity index (χ0v) is 13.3. The maximum atomic E-state index is 12.6. The second-order valence-corrected chi connectivity index (χ2v) is 5.70. The topological polar surface area (TPSA) is 87.1 Å². The van der Waals surface area contributed by atoms with E-state index in [9.17, 15) is 19.8 Å². The lowest BCUT2D eigenvalue weighted by Crippen LogP contribution is -2.42. The van der Waals surface area contributed by atoms with E-state index in [-0.39, 0.29) is 17.4 Å². The van der Waals surface area contributed by atoms with Crippen molar-refractivity contribution in [3.05, 3.63) is 59.2 Å². The van der Waals surface area contributed by atoms with E-state index in [1.807, 2.05) is 0 Å². The van der Waals surface area contributed by atoms with Crippen LogP contribution in [-0.2, 0) is 4.79 Å². The molecule has 124 valence electrons. The van der Waals surface area contributed by atoms with Crippen LogP contribution in [0.25, 0.3) is 0 Å². The van der Waals surface area contributed by atoms with E-state index >= 15 is 0 Å². The summed E-state index contributed by atoms with van der Waals surface area (Å²) in [5.74, 6) is -2.00. The van der Waals surface area contributed by atoms with E-state index in [2.05, 4.69) is 0 Å². The smallest absolute Gasteiger partial charge is 0.313 e. The molecular weight excluding hydrogens is 310 g/mol. The summed E-state index contributed by atoms with van der Waals surface area (Å²) in [4.78, 5) is 26.0. The van der Waals surface area contributed by atoms with Gasteiger partial charge in [0.25, 0.3) is 5.91 Å². The molecule has 0 saturated carbocycles. The molecule has 1 aliphatic heterocycles. The quantitative estimate of drug-likeness (QED) is 0.904. The zero-order chi connectivity index (χ0) is 17.4. The Hall–Kier alpha value is -3.02. The molecule has 6 nitrogen and oxygen atoms in total. The van der Waals surface area contributed by atoms with Crippen LogP contribution in [0.3, 0.4) is 0 Å². The third-order valence-corrected chi connectivity index (χ3v) is 4.39. The lowest BCUT2D eigenvalue weighted by atomic mass is 9.80. The second-order valence-electron chi connectivity index (χ2n) is 5.70. The maximum absolute atomic E-state index is 12.6.